The van der Waals surface area contributed by atoms with Gasteiger partial charge in [0.2, 0.25) is 6.33 Å². The largest absolute Gasteiger partial charge is 1.00 e. The number of halogens is 5. The molecule has 1 heterocycles. The molecule has 0 aliphatic rings. The molecule has 1 N–H and O–H groups in total. The Balaban J connectivity index is 0.00000112. The van der Waals surface area contributed by atoms with Gasteiger partial charge in [0.15, 0.2) is 11.0 Å². The van der Waals surface area contributed by atoms with Gasteiger partial charge in [0.1, 0.15) is 0 Å². The summed E-state index contributed by atoms with van der Waals surface area (Å²) in [5.41, 5.74) is 0.604. The van der Waals surface area contributed by atoms with Crippen LogP contribution in [0.2, 0.25) is 0 Å². The lowest BCUT2D eigenvalue weighted by Gasteiger charge is -2.04. The molecule has 0 amide bonds. The highest BCUT2D eigenvalue weighted by Crippen LogP contribution is 2.30. The van der Waals surface area contributed by atoms with E-state index in [-0.39, 0.29) is 36.4 Å². The maximum absolute atomic E-state index is 12.3. The SMILES string of the molecule is C[n+]1c[nH]c2cc(C(F)(F)F)ccc21.Cl.[I-]. The summed E-state index contributed by atoms with van der Waals surface area (Å²) >= 11 is 0. The van der Waals surface area contributed by atoms with Crippen molar-refractivity contribution in [3.05, 3.63) is 30.1 Å². The lowest BCUT2D eigenvalue weighted by atomic mass is 10.2. The lowest BCUT2D eigenvalue weighted by Crippen LogP contribution is -3.00. The third-order valence-corrected chi connectivity index (χ3v) is 2.12. The first-order valence-corrected chi connectivity index (χ1v) is 4.02. The molecule has 7 heteroatoms. The molecule has 2 aromatic rings. The molecule has 0 aliphatic carbocycles. The van der Waals surface area contributed by atoms with E-state index in [9.17, 15) is 13.2 Å². The molecule has 0 saturated heterocycles. The van der Waals surface area contributed by atoms with Crippen LogP contribution >= 0.6 is 12.4 Å². The van der Waals surface area contributed by atoms with Crippen LogP contribution in [0.4, 0.5) is 13.2 Å². The van der Waals surface area contributed by atoms with Crippen molar-refractivity contribution in [1.82, 2.24) is 4.98 Å². The molecular weight excluding hydrogens is 355 g/mol. The van der Waals surface area contributed by atoms with E-state index >= 15 is 0 Å². The van der Waals surface area contributed by atoms with E-state index in [0.717, 1.165) is 17.6 Å². The Morgan fingerprint density at radius 2 is 1.88 bits per heavy atom. The highest BCUT2D eigenvalue weighted by Gasteiger charge is 2.31. The number of rotatable bonds is 0. The van der Waals surface area contributed by atoms with Gasteiger partial charge in [0, 0.05) is 6.07 Å². The molecule has 0 unspecified atom stereocenters. The Morgan fingerprint density at radius 1 is 1.25 bits per heavy atom. The van der Waals surface area contributed by atoms with Crippen LogP contribution in [-0.2, 0) is 13.2 Å². The van der Waals surface area contributed by atoms with Crippen LogP contribution in [0.5, 0.6) is 0 Å². The fraction of sp³-hybridized carbons (Fsp3) is 0.222. The minimum Gasteiger partial charge on any atom is -1.00 e. The van der Waals surface area contributed by atoms with Crippen molar-refractivity contribution in [3.8, 4) is 0 Å². The van der Waals surface area contributed by atoms with Crippen LogP contribution in [0.1, 0.15) is 5.56 Å². The molecule has 2 rings (SSSR count). The molecule has 16 heavy (non-hydrogen) atoms. The number of alkyl halides is 3. The van der Waals surface area contributed by atoms with Crippen LogP contribution < -0.4 is 28.5 Å². The summed E-state index contributed by atoms with van der Waals surface area (Å²) in [7, 11) is 1.77. The Kier molecular flexibility index (Phi) is 5.06. The van der Waals surface area contributed by atoms with Crippen molar-refractivity contribution in [2.45, 2.75) is 6.18 Å². The van der Waals surface area contributed by atoms with Crippen LogP contribution in [-0.4, -0.2) is 4.98 Å². The molecular formula is C9H9ClF3IN2. The smallest absolute Gasteiger partial charge is 0.416 e. The molecule has 2 nitrogen and oxygen atoms in total. The number of benzene rings is 1. The van der Waals surface area contributed by atoms with Gasteiger partial charge in [-0.3, -0.25) is 0 Å². The van der Waals surface area contributed by atoms with Crippen LogP contribution in [0.15, 0.2) is 24.5 Å². The van der Waals surface area contributed by atoms with E-state index in [2.05, 4.69) is 4.98 Å². The summed E-state index contributed by atoms with van der Waals surface area (Å²) in [5.74, 6) is 0. The van der Waals surface area contributed by atoms with Gasteiger partial charge in [-0.25, -0.2) is 9.55 Å². The van der Waals surface area contributed by atoms with Gasteiger partial charge in [0.05, 0.1) is 12.6 Å². The molecule has 90 valence electrons. The van der Waals surface area contributed by atoms with Crippen molar-refractivity contribution < 1.29 is 41.7 Å². The Morgan fingerprint density at radius 3 is 2.44 bits per heavy atom. The molecule has 0 bridgehead atoms. The first-order chi connectivity index (χ1) is 6.48. The number of hydrogen-bond donors (Lipinski definition) is 1. The standard InChI is InChI=1S/C9H7F3N2.ClH.HI/c1-14-5-13-7-4-6(9(10,11)12)2-3-8(7)14;;/h2-5H,1H3;2*1H. The van der Waals surface area contributed by atoms with Gasteiger partial charge in [-0.1, -0.05) is 0 Å². The minimum absolute atomic E-state index is 0. The summed E-state index contributed by atoms with van der Waals surface area (Å²) in [6, 6.07) is 3.64. The van der Waals surface area contributed by atoms with Gasteiger partial charge >= 0.3 is 6.18 Å². The van der Waals surface area contributed by atoms with Crippen molar-refractivity contribution in [2.24, 2.45) is 7.05 Å². The molecule has 1 aromatic heterocycles. The van der Waals surface area contributed by atoms with Crippen molar-refractivity contribution >= 4 is 23.4 Å². The third kappa shape index (κ3) is 2.79. The lowest BCUT2D eigenvalue weighted by molar-refractivity contribution is -0.644. The topological polar surface area (TPSA) is 19.7 Å². The second-order valence-electron chi connectivity index (χ2n) is 3.11. The van der Waals surface area contributed by atoms with Gasteiger partial charge < -0.3 is 24.0 Å². The number of nitrogens with zero attached hydrogens (tertiary/aromatic N) is 1. The predicted molar refractivity (Wildman–Crippen MR) is 51.7 cm³/mol. The number of imidazole rings is 1. The Labute approximate surface area is 113 Å². The maximum atomic E-state index is 12.3. The van der Waals surface area contributed by atoms with Gasteiger partial charge in [0.25, 0.3) is 0 Å². The second kappa shape index (κ2) is 5.22. The highest BCUT2D eigenvalue weighted by atomic mass is 127. The molecule has 0 atom stereocenters. The number of H-pyrrole nitrogens is 1. The van der Waals surface area contributed by atoms with E-state index in [0.29, 0.717) is 5.52 Å². The quantitative estimate of drug-likeness (QED) is 0.478. The number of aryl methyl sites for hydroxylation is 1. The highest BCUT2D eigenvalue weighted by molar-refractivity contribution is 5.85. The fourth-order valence-corrected chi connectivity index (χ4v) is 1.37. The van der Waals surface area contributed by atoms with Gasteiger partial charge in [-0.2, -0.15) is 13.2 Å². The predicted octanol–water partition coefficient (Wildman–Crippen LogP) is -0.563. The summed E-state index contributed by atoms with van der Waals surface area (Å²) in [4.78, 5) is 2.76. The summed E-state index contributed by atoms with van der Waals surface area (Å²) in [6.45, 7) is 0. The van der Waals surface area contributed by atoms with Crippen molar-refractivity contribution in [3.63, 3.8) is 0 Å². The van der Waals surface area contributed by atoms with E-state index in [1.807, 2.05) is 0 Å². The molecule has 0 saturated carbocycles. The van der Waals surface area contributed by atoms with E-state index in [1.54, 1.807) is 17.9 Å². The van der Waals surface area contributed by atoms with E-state index in [4.69, 9.17) is 0 Å². The minimum atomic E-state index is -4.28. The third-order valence-electron chi connectivity index (χ3n) is 2.12. The summed E-state index contributed by atoms with van der Waals surface area (Å²) in [5, 5.41) is 0. The molecule has 0 spiro atoms. The van der Waals surface area contributed by atoms with Gasteiger partial charge in [-0.15, -0.1) is 12.4 Å². The van der Waals surface area contributed by atoms with Crippen molar-refractivity contribution in [1.29, 1.82) is 0 Å². The summed E-state index contributed by atoms with van der Waals surface area (Å²) in [6.07, 6.45) is -2.66. The average Bonchev–Trinajstić information content (AvgIpc) is 2.46. The zero-order valence-electron chi connectivity index (χ0n) is 8.18. The molecule has 0 fully saturated rings. The van der Waals surface area contributed by atoms with Crippen LogP contribution in [0.3, 0.4) is 0 Å². The number of aromatic nitrogens is 2. The normalized spacial score (nSPS) is 10.8. The average molecular weight is 365 g/mol. The van der Waals surface area contributed by atoms with Crippen LogP contribution in [0, 0.1) is 0 Å². The molecule has 0 radical (unpaired) electrons. The zero-order valence-corrected chi connectivity index (χ0v) is 11.2. The van der Waals surface area contributed by atoms with Crippen molar-refractivity contribution in [2.75, 3.05) is 0 Å². The molecule has 0 aliphatic heterocycles. The number of aromatic amines is 1. The first-order valence-electron chi connectivity index (χ1n) is 4.02. The molecule has 1 aromatic carbocycles. The fourth-order valence-electron chi connectivity index (χ4n) is 1.37. The van der Waals surface area contributed by atoms with Crippen LogP contribution in [0.25, 0.3) is 11.0 Å². The monoisotopic (exact) mass is 364 g/mol. The number of fused-ring (bicyclic) bond motifs is 1. The van der Waals surface area contributed by atoms with E-state index in [1.165, 1.54) is 6.07 Å². The number of nitrogens with one attached hydrogen (secondary N) is 1. The summed E-state index contributed by atoms with van der Waals surface area (Å²) < 4.78 is 38.6. The van der Waals surface area contributed by atoms with Gasteiger partial charge in [-0.05, 0) is 12.1 Å². The Bertz CT molecular complexity index is 481. The number of hydrogen-bond acceptors (Lipinski definition) is 0. The Hall–Kier alpha value is -0.500. The van der Waals surface area contributed by atoms with E-state index < -0.39 is 11.7 Å². The first kappa shape index (κ1) is 15.5. The maximum Gasteiger partial charge on any atom is 0.416 e. The zero-order chi connectivity index (χ0) is 10.3. The second-order valence-corrected chi connectivity index (χ2v) is 3.11.